The van der Waals surface area contributed by atoms with Gasteiger partial charge in [-0.15, -0.1) is 16.9 Å². The molecule has 1 fully saturated rings. The van der Waals surface area contributed by atoms with Crippen LogP contribution < -0.4 is 5.32 Å². The number of aryl methyl sites for hydroxylation is 2. The van der Waals surface area contributed by atoms with Gasteiger partial charge in [-0.05, 0) is 22.9 Å². The summed E-state index contributed by atoms with van der Waals surface area (Å²) in [6, 6.07) is -0.850. The molecule has 0 bridgehead atoms. The number of carbonyl (C=O) groups excluding carboxylic acids is 2. The van der Waals surface area contributed by atoms with Gasteiger partial charge in [0.1, 0.15) is 23.5 Å². The number of tetrazole rings is 1. The van der Waals surface area contributed by atoms with Gasteiger partial charge in [-0.2, -0.15) is 17.6 Å². The highest BCUT2D eigenvalue weighted by Gasteiger charge is 2.54. The summed E-state index contributed by atoms with van der Waals surface area (Å²) in [5.41, 5.74) is 0.245. The molecular weight excluding hydrogens is 436 g/mol. The average Bonchev–Trinajstić information content (AvgIpc) is 3.31. The molecule has 0 saturated carbocycles. The first-order valence-electron chi connectivity index (χ1n) is 8.67. The first-order chi connectivity index (χ1) is 14.3. The number of hydrogen-bond acceptors (Lipinski definition) is 11. The van der Waals surface area contributed by atoms with Gasteiger partial charge < -0.3 is 14.9 Å². The Morgan fingerprint density at radius 1 is 1.47 bits per heavy atom. The molecule has 2 N–H and O–H groups in total. The van der Waals surface area contributed by atoms with Gasteiger partial charge in [0.05, 0.1) is 5.25 Å². The Balaban J connectivity index is 1.52. The third-order valence-electron chi connectivity index (χ3n) is 4.63. The van der Waals surface area contributed by atoms with Crippen LogP contribution in [0.25, 0.3) is 0 Å². The van der Waals surface area contributed by atoms with Crippen LogP contribution in [0.4, 0.5) is 0 Å². The molecule has 4 rings (SSSR count). The van der Waals surface area contributed by atoms with E-state index in [9.17, 15) is 19.5 Å². The smallest absolute Gasteiger partial charge is 0.352 e. The van der Waals surface area contributed by atoms with Crippen molar-refractivity contribution in [1.82, 2.24) is 40.6 Å². The van der Waals surface area contributed by atoms with Gasteiger partial charge in [0.25, 0.3) is 5.91 Å². The normalized spacial score (nSPS) is 21.8. The number of nitrogens with zero attached hydrogens (tertiary/aromatic N) is 7. The standard InChI is InChI=1S/C15H16N8O5S2/c1-5-16-8(28-19-5)3-7(24)17-9-13(25)23-10(15(26)27)6(4-30-14(9)23)11(29)12-18-20-21-22(12)2/h9,11,14,29H,3-4H2,1-2H3,(H,17,24)(H,26,27)/t9?,11?,14-/m1/s1. The number of rotatable bonds is 6. The van der Waals surface area contributed by atoms with Crippen LogP contribution in [-0.2, 0) is 27.9 Å². The van der Waals surface area contributed by atoms with Crippen LogP contribution in [0.3, 0.4) is 0 Å². The first kappa shape index (κ1) is 20.3. The van der Waals surface area contributed by atoms with E-state index >= 15 is 0 Å². The summed E-state index contributed by atoms with van der Waals surface area (Å²) in [7, 11) is 1.61. The summed E-state index contributed by atoms with van der Waals surface area (Å²) >= 11 is 5.81. The Morgan fingerprint density at radius 3 is 2.83 bits per heavy atom. The van der Waals surface area contributed by atoms with E-state index in [2.05, 4.69) is 43.6 Å². The van der Waals surface area contributed by atoms with Crippen molar-refractivity contribution < 1.29 is 24.0 Å². The number of carboxylic acids is 1. The van der Waals surface area contributed by atoms with Gasteiger partial charge in [0.2, 0.25) is 11.8 Å². The molecular formula is C15H16N8O5S2. The van der Waals surface area contributed by atoms with Gasteiger partial charge in [-0.1, -0.05) is 5.16 Å². The van der Waals surface area contributed by atoms with Gasteiger partial charge in [0, 0.05) is 12.8 Å². The van der Waals surface area contributed by atoms with Crippen LogP contribution >= 0.6 is 24.4 Å². The van der Waals surface area contributed by atoms with Gasteiger partial charge in [-0.25, -0.2) is 9.48 Å². The van der Waals surface area contributed by atoms with E-state index in [1.54, 1.807) is 14.0 Å². The van der Waals surface area contributed by atoms with E-state index in [0.717, 1.165) is 0 Å². The number of β-lactam (4-membered cyclic amide) rings is 1. The van der Waals surface area contributed by atoms with Crippen molar-refractivity contribution in [3.63, 3.8) is 0 Å². The average molecular weight is 452 g/mol. The molecule has 3 atom stereocenters. The molecule has 2 aromatic rings. The molecule has 2 aliphatic rings. The Hall–Kier alpha value is -2.94. The minimum Gasteiger partial charge on any atom is -0.477 e. The minimum atomic E-state index is -1.26. The van der Waals surface area contributed by atoms with Crippen LogP contribution in [0.15, 0.2) is 15.8 Å². The second-order valence-corrected chi connectivity index (χ2v) is 8.23. The van der Waals surface area contributed by atoms with Crippen molar-refractivity contribution in [3.05, 3.63) is 28.8 Å². The van der Waals surface area contributed by atoms with Crippen LogP contribution in [0, 0.1) is 6.92 Å². The van der Waals surface area contributed by atoms with Crippen LogP contribution in [0.2, 0.25) is 0 Å². The molecule has 13 nitrogen and oxygen atoms in total. The molecule has 0 radical (unpaired) electrons. The van der Waals surface area contributed by atoms with E-state index in [-0.39, 0.29) is 23.8 Å². The molecule has 2 unspecified atom stereocenters. The van der Waals surface area contributed by atoms with E-state index in [4.69, 9.17) is 4.52 Å². The number of aliphatic carboxylic acids is 1. The van der Waals surface area contributed by atoms with Crippen molar-refractivity contribution in [2.45, 2.75) is 30.0 Å². The maximum absolute atomic E-state index is 12.7. The summed E-state index contributed by atoms with van der Waals surface area (Å²) in [6.07, 6.45) is -0.174. The number of aromatic nitrogens is 6. The molecule has 0 aromatic carbocycles. The number of thiol groups is 1. The number of nitrogens with one attached hydrogen (secondary N) is 1. The van der Waals surface area contributed by atoms with E-state index in [1.807, 2.05) is 0 Å². The largest absolute Gasteiger partial charge is 0.477 e. The Labute approximate surface area is 178 Å². The number of thioether (sulfide) groups is 1. The Kier molecular flexibility index (Phi) is 5.23. The number of fused-ring (bicyclic) bond motifs is 1. The zero-order valence-corrected chi connectivity index (χ0v) is 17.4. The molecule has 2 amide bonds. The van der Waals surface area contributed by atoms with E-state index in [0.29, 0.717) is 17.2 Å². The molecule has 1 saturated heterocycles. The predicted molar refractivity (Wildman–Crippen MR) is 103 cm³/mol. The number of carboxylic acid groups (broad SMARTS) is 1. The molecule has 4 heterocycles. The summed E-state index contributed by atoms with van der Waals surface area (Å²) in [5.74, 6) is -1.08. The molecule has 30 heavy (non-hydrogen) atoms. The second kappa shape index (κ2) is 7.71. The second-order valence-electron chi connectivity index (χ2n) is 6.61. The first-order valence-corrected chi connectivity index (χ1v) is 10.2. The summed E-state index contributed by atoms with van der Waals surface area (Å²) in [6.45, 7) is 1.63. The molecule has 158 valence electrons. The fourth-order valence-electron chi connectivity index (χ4n) is 3.25. The van der Waals surface area contributed by atoms with Gasteiger partial charge in [0.15, 0.2) is 11.6 Å². The van der Waals surface area contributed by atoms with Crippen molar-refractivity contribution in [2.75, 3.05) is 5.75 Å². The quantitative estimate of drug-likeness (QED) is 0.357. The topological polar surface area (TPSA) is 169 Å². The van der Waals surface area contributed by atoms with Crippen LogP contribution in [-0.4, -0.2) is 75.3 Å². The van der Waals surface area contributed by atoms with Crippen LogP contribution in [0.5, 0.6) is 0 Å². The van der Waals surface area contributed by atoms with E-state index in [1.165, 1.54) is 21.3 Å². The van der Waals surface area contributed by atoms with Crippen molar-refractivity contribution in [3.8, 4) is 0 Å². The molecule has 2 aliphatic heterocycles. The van der Waals surface area contributed by atoms with Gasteiger partial charge >= 0.3 is 5.97 Å². The molecule has 0 spiro atoms. The predicted octanol–water partition coefficient (Wildman–Crippen LogP) is -1.15. The summed E-state index contributed by atoms with van der Waals surface area (Å²) < 4.78 is 6.29. The highest BCUT2D eigenvalue weighted by atomic mass is 32.2. The molecule has 0 aliphatic carbocycles. The fraction of sp³-hybridized carbons (Fsp3) is 0.467. The zero-order chi connectivity index (χ0) is 21.6. The Bertz CT molecular complexity index is 1070. The van der Waals surface area contributed by atoms with Crippen LogP contribution in [0.1, 0.15) is 22.8 Å². The third kappa shape index (κ3) is 3.43. The minimum absolute atomic E-state index is 0.133. The number of amides is 2. The summed E-state index contributed by atoms with van der Waals surface area (Å²) in [5, 5.41) is 25.9. The molecule has 15 heteroatoms. The highest BCUT2D eigenvalue weighted by Crippen LogP contribution is 2.44. The summed E-state index contributed by atoms with van der Waals surface area (Å²) in [4.78, 5) is 42.0. The molecule has 2 aromatic heterocycles. The number of hydrogen-bond donors (Lipinski definition) is 3. The SMILES string of the molecule is Cc1noc(CC(=O)NC2C(=O)N3C(C(=O)O)=C(C(S)c4nnnn4C)CS[C@H]23)n1. The van der Waals surface area contributed by atoms with Gasteiger partial charge in [-0.3, -0.25) is 14.5 Å². The zero-order valence-electron chi connectivity index (χ0n) is 15.7. The highest BCUT2D eigenvalue weighted by molar-refractivity contribution is 8.00. The lowest BCUT2D eigenvalue weighted by atomic mass is 10.0. The lowest BCUT2D eigenvalue weighted by Crippen LogP contribution is -2.70. The lowest BCUT2D eigenvalue weighted by Gasteiger charge is -2.49. The van der Waals surface area contributed by atoms with Crippen molar-refractivity contribution >= 4 is 42.2 Å². The maximum atomic E-state index is 12.7. The fourth-order valence-corrected chi connectivity index (χ4v) is 5.19. The third-order valence-corrected chi connectivity index (χ3v) is 6.47. The lowest BCUT2D eigenvalue weighted by molar-refractivity contribution is -0.150. The van der Waals surface area contributed by atoms with Crippen molar-refractivity contribution in [1.29, 1.82) is 0 Å². The van der Waals surface area contributed by atoms with E-state index < -0.39 is 34.4 Å². The monoisotopic (exact) mass is 452 g/mol. The maximum Gasteiger partial charge on any atom is 0.352 e. The van der Waals surface area contributed by atoms with Crippen molar-refractivity contribution in [2.24, 2.45) is 7.05 Å². The number of carbonyl (C=O) groups is 3. The Morgan fingerprint density at radius 2 is 2.23 bits per heavy atom.